The van der Waals surface area contributed by atoms with Gasteiger partial charge in [0.15, 0.2) is 11.4 Å². The summed E-state index contributed by atoms with van der Waals surface area (Å²) < 4.78 is 5.79. The van der Waals surface area contributed by atoms with Crippen molar-refractivity contribution >= 4 is 17.5 Å². The second-order valence-electron chi connectivity index (χ2n) is 9.33. The largest absolute Gasteiger partial charge is 0.451 e. The van der Waals surface area contributed by atoms with Gasteiger partial charge in [-0.1, -0.05) is 24.1 Å². The molecule has 4 nitrogen and oxygen atoms in total. The van der Waals surface area contributed by atoms with Gasteiger partial charge < -0.3 is 4.74 Å². The predicted octanol–water partition coefficient (Wildman–Crippen LogP) is 4.33. The Kier molecular flexibility index (Phi) is 4.25. The van der Waals surface area contributed by atoms with Crippen LogP contribution in [0.1, 0.15) is 72.6 Å². The van der Waals surface area contributed by atoms with E-state index in [2.05, 4.69) is 19.9 Å². The standard InChI is InChI=1S/C23H30O4/c1-13-11-20-18(17-6-5-16(26)12-19(13)17)7-9-22(4)21(20)8-10-23(22,14(2)24)27-15(3)25/h11,18,20-21H,5-10,12H2,1-4H3/t18?,20?,21?,22-,23?/m0/s1. The number of rotatable bonds is 2. The maximum absolute atomic E-state index is 12.7. The van der Waals surface area contributed by atoms with E-state index in [1.54, 1.807) is 6.92 Å². The number of carbonyl (C=O) groups excluding carboxylic acids is 3. The van der Waals surface area contributed by atoms with Crippen LogP contribution in [0.3, 0.4) is 0 Å². The molecule has 4 rings (SSSR count). The highest BCUT2D eigenvalue weighted by Gasteiger charge is 2.66. The third-order valence-corrected chi connectivity index (χ3v) is 8.14. The second kappa shape index (κ2) is 6.15. The number of ketones is 2. The molecule has 0 aromatic rings. The van der Waals surface area contributed by atoms with Crippen molar-refractivity contribution in [1.82, 2.24) is 0 Å². The molecule has 2 fully saturated rings. The highest BCUT2D eigenvalue weighted by molar-refractivity contribution is 5.89. The molecule has 0 bridgehead atoms. The summed E-state index contributed by atoms with van der Waals surface area (Å²) in [5.74, 6) is 1.18. The Morgan fingerprint density at radius 1 is 1.15 bits per heavy atom. The number of esters is 1. The second-order valence-corrected chi connectivity index (χ2v) is 9.33. The molecule has 0 aromatic carbocycles. The first-order valence-corrected chi connectivity index (χ1v) is 10.3. The van der Waals surface area contributed by atoms with Crippen LogP contribution in [0.5, 0.6) is 0 Å². The highest BCUT2D eigenvalue weighted by atomic mass is 16.6. The van der Waals surface area contributed by atoms with Crippen LogP contribution in [-0.4, -0.2) is 23.1 Å². The Labute approximate surface area is 161 Å². The van der Waals surface area contributed by atoms with Crippen molar-refractivity contribution in [3.05, 3.63) is 22.8 Å². The van der Waals surface area contributed by atoms with E-state index < -0.39 is 5.60 Å². The number of carbonyl (C=O) groups is 3. The van der Waals surface area contributed by atoms with Crippen molar-refractivity contribution in [1.29, 1.82) is 0 Å². The Morgan fingerprint density at radius 3 is 2.56 bits per heavy atom. The molecule has 4 aliphatic rings. The lowest BCUT2D eigenvalue weighted by atomic mass is 9.52. The molecular formula is C23H30O4. The van der Waals surface area contributed by atoms with Crippen molar-refractivity contribution in [2.24, 2.45) is 23.2 Å². The Balaban J connectivity index is 1.73. The summed E-state index contributed by atoms with van der Waals surface area (Å²) in [5, 5.41) is 0. The summed E-state index contributed by atoms with van der Waals surface area (Å²) in [6, 6.07) is 0. The van der Waals surface area contributed by atoms with Gasteiger partial charge >= 0.3 is 5.97 Å². The molecular weight excluding hydrogens is 340 g/mol. The number of Topliss-reactive ketones (excluding diaryl/α,β-unsaturated/α-hetero) is 2. The van der Waals surface area contributed by atoms with Gasteiger partial charge in [0.2, 0.25) is 0 Å². The lowest BCUT2D eigenvalue weighted by molar-refractivity contribution is -0.183. The van der Waals surface area contributed by atoms with Gasteiger partial charge in [0.25, 0.3) is 0 Å². The van der Waals surface area contributed by atoms with Gasteiger partial charge in [0, 0.05) is 25.2 Å². The summed E-state index contributed by atoms with van der Waals surface area (Å²) in [5.41, 5.74) is 2.73. The van der Waals surface area contributed by atoms with Crippen molar-refractivity contribution < 1.29 is 19.1 Å². The van der Waals surface area contributed by atoms with E-state index in [4.69, 9.17) is 4.74 Å². The van der Waals surface area contributed by atoms with E-state index in [-0.39, 0.29) is 17.2 Å². The van der Waals surface area contributed by atoms with Gasteiger partial charge in [0.1, 0.15) is 5.78 Å². The minimum absolute atomic E-state index is 0.0131. The van der Waals surface area contributed by atoms with Gasteiger partial charge in [-0.05, 0) is 69.3 Å². The fourth-order valence-electron chi connectivity index (χ4n) is 6.91. The summed E-state index contributed by atoms with van der Waals surface area (Å²) in [7, 11) is 0. The summed E-state index contributed by atoms with van der Waals surface area (Å²) in [4.78, 5) is 36.5. The van der Waals surface area contributed by atoms with Crippen molar-refractivity contribution in [2.75, 3.05) is 0 Å². The minimum Gasteiger partial charge on any atom is -0.451 e. The topological polar surface area (TPSA) is 60.4 Å². The Hall–Kier alpha value is -1.71. The molecule has 4 aliphatic carbocycles. The van der Waals surface area contributed by atoms with Crippen LogP contribution in [0.15, 0.2) is 22.8 Å². The zero-order valence-electron chi connectivity index (χ0n) is 16.9. The molecule has 0 radical (unpaired) electrons. The molecule has 5 atom stereocenters. The lowest BCUT2D eigenvalue weighted by Crippen LogP contribution is -2.56. The monoisotopic (exact) mass is 370 g/mol. The van der Waals surface area contributed by atoms with Gasteiger partial charge in [-0.15, -0.1) is 0 Å². The van der Waals surface area contributed by atoms with Crippen molar-refractivity contribution in [3.8, 4) is 0 Å². The van der Waals surface area contributed by atoms with Crippen LogP contribution < -0.4 is 0 Å². The first-order chi connectivity index (χ1) is 12.7. The van der Waals surface area contributed by atoms with Gasteiger partial charge in [0.05, 0.1) is 0 Å². The average Bonchev–Trinajstić information content (AvgIpc) is 2.89. The highest BCUT2D eigenvalue weighted by Crippen LogP contribution is 2.65. The molecule has 0 amide bonds. The van der Waals surface area contributed by atoms with Gasteiger partial charge in [-0.3, -0.25) is 14.4 Å². The Bertz CT molecular complexity index is 788. The van der Waals surface area contributed by atoms with E-state index in [1.807, 2.05) is 0 Å². The molecule has 0 aliphatic heterocycles. The molecule has 0 saturated heterocycles. The van der Waals surface area contributed by atoms with Gasteiger partial charge in [-0.2, -0.15) is 0 Å². The maximum Gasteiger partial charge on any atom is 0.303 e. The van der Waals surface area contributed by atoms with E-state index >= 15 is 0 Å². The molecule has 4 heteroatoms. The average molecular weight is 370 g/mol. The van der Waals surface area contributed by atoms with Crippen LogP contribution in [0.25, 0.3) is 0 Å². The normalized spacial score (nSPS) is 40.7. The van der Waals surface area contributed by atoms with E-state index in [0.717, 1.165) is 25.7 Å². The Morgan fingerprint density at radius 2 is 1.89 bits per heavy atom. The van der Waals surface area contributed by atoms with Crippen LogP contribution >= 0.6 is 0 Å². The van der Waals surface area contributed by atoms with Gasteiger partial charge in [-0.25, -0.2) is 0 Å². The van der Waals surface area contributed by atoms with Crippen LogP contribution in [0.2, 0.25) is 0 Å². The quantitative estimate of drug-likeness (QED) is 0.679. The number of hydrogen-bond acceptors (Lipinski definition) is 4. The summed E-state index contributed by atoms with van der Waals surface area (Å²) in [6.45, 7) is 7.30. The number of fused-ring (bicyclic) bond motifs is 4. The SMILES string of the molecule is CC(=O)OC1(C(C)=O)CCC2C3C=C(C)C4=C(CCC(=O)C4)C3CC[C@@]21C. The fourth-order valence-corrected chi connectivity index (χ4v) is 6.91. The maximum atomic E-state index is 12.7. The zero-order chi connectivity index (χ0) is 19.6. The van der Waals surface area contributed by atoms with E-state index in [1.165, 1.54) is 23.6 Å². The van der Waals surface area contributed by atoms with Crippen LogP contribution in [0, 0.1) is 23.2 Å². The molecule has 0 heterocycles. The number of ether oxygens (including phenoxy) is 1. The third kappa shape index (κ3) is 2.51. The first-order valence-electron chi connectivity index (χ1n) is 10.3. The minimum atomic E-state index is -0.979. The molecule has 0 aromatic heterocycles. The third-order valence-electron chi connectivity index (χ3n) is 8.14. The van der Waals surface area contributed by atoms with Crippen LogP contribution in [-0.2, 0) is 19.1 Å². The number of hydrogen-bond donors (Lipinski definition) is 0. The molecule has 2 saturated carbocycles. The van der Waals surface area contributed by atoms with Crippen LogP contribution in [0.4, 0.5) is 0 Å². The predicted molar refractivity (Wildman–Crippen MR) is 102 cm³/mol. The van der Waals surface area contributed by atoms with Crippen molar-refractivity contribution in [2.45, 2.75) is 78.2 Å². The fraction of sp³-hybridized carbons (Fsp3) is 0.696. The molecule has 0 spiro atoms. The van der Waals surface area contributed by atoms with E-state index in [9.17, 15) is 14.4 Å². The smallest absolute Gasteiger partial charge is 0.303 e. The number of allylic oxidation sites excluding steroid dienone is 4. The molecule has 4 unspecified atom stereocenters. The van der Waals surface area contributed by atoms with E-state index in [0.29, 0.717) is 42.8 Å². The molecule has 27 heavy (non-hydrogen) atoms. The first kappa shape index (κ1) is 18.6. The molecule has 146 valence electrons. The zero-order valence-corrected chi connectivity index (χ0v) is 16.9. The summed E-state index contributed by atoms with van der Waals surface area (Å²) >= 11 is 0. The summed E-state index contributed by atoms with van der Waals surface area (Å²) in [6.07, 6.45) is 7.96. The lowest BCUT2D eigenvalue weighted by Gasteiger charge is -2.53. The van der Waals surface area contributed by atoms with Crippen molar-refractivity contribution in [3.63, 3.8) is 0 Å². The molecule has 0 N–H and O–H groups in total.